The number of H-pyrrole nitrogens is 1. The second kappa shape index (κ2) is 4.93. The van der Waals surface area contributed by atoms with Gasteiger partial charge in [0.2, 0.25) is 5.91 Å². The normalized spacial score (nSPS) is 11.1. The van der Waals surface area contributed by atoms with Gasteiger partial charge in [-0.1, -0.05) is 13.3 Å². The lowest BCUT2D eigenvalue weighted by atomic mass is 10.2. The first kappa shape index (κ1) is 12.8. The van der Waals surface area contributed by atoms with Crippen molar-refractivity contribution in [2.45, 2.75) is 26.3 Å². The van der Waals surface area contributed by atoms with Crippen LogP contribution in [0.1, 0.15) is 19.0 Å². The van der Waals surface area contributed by atoms with Crippen LogP contribution in [0.15, 0.2) is 0 Å². The molecule has 0 saturated carbocycles. The lowest BCUT2D eigenvalue weighted by Gasteiger charge is -2.03. The van der Waals surface area contributed by atoms with Gasteiger partial charge in [-0.15, -0.1) is 0 Å². The highest BCUT2D eigenvalue weighted by molar-refractivity contribution is 7.71. The van der Waals surface area contributed by atoms with E-state index in [0.717, 1.165) is 29.7 Å². The number of rotatable bonds is 4. The van der Waals surface area contributed by atoms with E-state index in [9.17, 15) is 4.79 Å². The molecule has 2 heterocycles. The molecule has 0 aliphatic rings. The van der Waals surface area contributed by atoms with Crippen molar-refractivity contribution in [3.8, 4) is 0 Å². The molecule has 98 valence electrons. The molecule has 0 saturated heterocycles. The number of fused-ring (bicyclic) bond motifs is 1. The highest BCUT2D eigenvalue weighted by atomic mass is 32.1. The summed E-state index contributed by atoms with van der Waals surface area (Å²) in [6.45, 7) is 2.32. The van der Waals surface area contributed by atoms with Crippen LogP contribution in [0.4, 0.5) is 0 Å². The maximum absolute atomic E-state index is 11.5. The van der Waals surface area contributed by atoms with Gasteiger partial charge in [-0.25, -0.2) is 0 Å². The molecule has 6 nitrogen and oxygen atoms in total. The second-order valence-corrected chi connectivity index (χ2v) is 4.60. The third-order valence-electron chi connectivity index (χ3n) is 2.89. The number of nitrogens with zero attached hydrogens (tertiary/aromatic N) is 3. The molecule has 0 bridgehead atoms. The number of nitrogens with one attached hydrogen (secondary N) is 2. The number of carbonyl (C=O) groups is 1. The molecule has 0 aliphatic heterocycles. The van der Waals surface area contributed by atoms with Gasteiger partial charge >= 0.3 is 0 Å². The van der Waals surface area contributed by atoms with E-state index < -0.39 is 0 Å². The fourth-order valence-corrected chi connectivity index (χ4v) is 2.31. The smallest absolute Gasteiger partial charge is 0.239 e. The first-order valence-corrected chi connectivity index (χ1v) is 6.34. The van der Waals surface area contributed by atoms with Gasteiger partial charge in [0.1, 0.15) is 12.1 Å². The Morgan fingerprint density at radius 3 is 2.89 bits per heavy atom. The Balaban J connectivity index is 2.57. The van der Waals surface area contributed by atoms with Crippen molar-refractivity contribution in [1.82, 2.24) is 24.6 Å². The topological polar surface area (TPSA) is 67.6 Å². The molecule has 2 N–H and O–H groups in total. The van der Waals surface area contributed by atoms with E-state index in [1.165, 1.54) is 0 Å². The van der Waals surface area contributed by atoms with E-state index in [-0.39, 0.29) is 12.5 Å². The zero-order valence-corrected chi connectivity index (χ0v) is 11.6. The monoisotopic (exact) mass is 267 g/mol. The van der Waals surface area contributed by atoms with Gasteiger partial charge in [-0.2, -0.15) is 5.10 Å². The third kappa shape index (κ3) is 2.05. The molecule has 0 fully saturated rings. The molecule has 18 heavy (non-hydrogen) atoms. The molecule has 0 aromatic carbocycles. The molecule has 2 rings (SSSR count). The van der Waals surface area contributed by atoms with Gasteiger partial charge in [0.15, 0.2) is 10.4 Å². The van der Waals surface area contributed by atoms with Crippen LogP contribution in [-0.4, -0.2) is 32.3 Å². The van der Waals surface area contributed by atoms with Crippen LogP contribution in [0.5, 0.6) is 0 Å². The van der Waals surface area contributed by atoms with Crippen LogP contribution in [-0.2, 0) is 24.8 Å². The minimum Gasteiger partial charge on any atom is -0.358 e. The largest absolute Gasteiger partial charge is 0.358 e. The summed E-state index contributed by atoms with van der Waals surface area (Å²) in [5, 5.41) is 7.06. The van der Waals surface area contributed by atoms with Gasteiger partial charge in [-0.3, -0.25) is 14.0 Å². The van der Waals surface area contributed by atoms with Crippen LogP contribution < -0.4 is 5.32 Å². The Morgan fingerprint density at radius 1 is 1.56 bits per heavy atom. The number of aryl methyl sites for hydroxylation is 2. The van der Waals surface area contributed by atoms with Crippen molar-refractivity contribution in [3.05, 3.63) is 10.5 Å². The lowest BCUT2D eigenvalue weighted by molar-refractivity contribution is -0.121. The Labute approximate surface area is 110 Å². The number of aromatic nitrogens is 4. The number of hydrogen-bond acceptors (Lipinski definition) is 3. The fourth-order valence-electron chi connectivity index (χ4n) is 2.06. The Morgan fingerprint density at radius 2 is 2.28 bits per heavy atom. The van der Waals surface area contributed by atoms with E-state index in [2.05, 4.69) is 22.3 Å². The summed E-state index contributed by atoms with van der Waals surface area (Å²) in [6.07, 6.45) is 1.92. The van der Waals surface area contributed by atoms with Crippen molar-refractivity contribution < 1.29 is 4.79 Å². The van der Waals surface area contributed by atoms with E-state index in [4.69, 9.17) is 12.2 Å². The molecule has 0 aliphatic carbocycles. The molecular weight excluding hydrogens is 250 g/mol. The SMILES string of the molecule is CCCc1nn(C)c2c1[nH]c(=S)n2CC(=O)NC. The molecule has 0 unspecified atom stereocenters. The van der Waals surface area contributed by atoms with E-state index in [1.807, 2.05) is 7.05 Å². The number of hydrogen-bond donors (Lipinski definition) is 2. The summed E-state index contributed by atoms with van der Waals surface area (Å²) in [7, 11) is 3.48. The number of amides is 1. The van der Waals surface area contributed by atoms with Crippen LogP contribution in [0, 0.1) is 4.77 Å². The summed E-state index contributed by atoms with van der Waals surface area (Å²) in [4.78, 5) is 14.6. The summed E-state index contributed by atoms with van der Waals surface area (Å²) in [5.41, 5.74) is 2.80. The fraction of sp³-hybridized carbons (Fsp3) is 0.545. The maximum Gasteiger partial charge on any atom is 0.239 e. The zero-order chi connectivity index (χ0) is 13.3. The molecule has 0 radical (unpaired) electrons. The van der Waals surface area contributed by atoms with Crippen LogP contribution in [0.3, 0.4) is 0 Å². The number of likely N-dealkylation sites (N-methyl/N-ethyl adjacent to an activating group) is 1. The zero-order valence-electron chi connectivity index (χ0n) is 10.8. The van der Waals surface area contributed by atoms with E-state index in [0.29, 0.717) is 4.77 Å². The Bertz CT molecular complexity index is 636. The third-order valence-corrected chi connectivity index (χ3v) is 3.21. The molecule has 1 amide bonds. The molecule has 0 atom stereocenters. The van der Waals surface area contributed by atoms with Crippen molar-refractivity contribution in [3.63, 3.8) is 0 Å². The first-order chi connectivity index (χ1) is 8.58. The van der Waals surface area contributed by atoms with Crippen LogP contribution in [0.2, 0.25) is 0 Å². The maximum atomic E-state index is 11.5. The average molecular weight is 267 g/mol. The average Bonchev–Trinajstić information content (AvgIpc) is 2.80. The minimum absolute atomic E-state index is 0.0785. The van der Waals surface area contributed by atoms with E-state index >= 15 is 0 Å². The molecule has 0 spiro atoms. The van der Waals surface area contributed by atoms with Crippen LogP contribution in [0.25, 0.3) is 11.2 Å². The highest BCUT2D eigenvalue weighted by Crippen LogP contribution is 2.18. The summed E-state index contributed by atoms with van der Waals surface area (Å²) >= 11 is 5.26. The van der Waals surface area contributed by atoms with Gasteiger partial charge in [0.05, 0.1) is 5.69 Å². The molecule has 7 heteroatoms. The molecule has 2 aromatic heterocycles. The summed E-state index contributed by atoms with van der Waals surface area (Å²) < 4.78 is 4.10. The van der Waals surface area contributed by atoms with Gasteiger partial charge < -0.3 is 10.3 Å². The number of aromatic amines is 1. The molecule has 2 aromatic rings. The van der Waals surface area contributed by atoms with Crippen molar-refractivity contribution >= 4 is 29.3 Å². The predicted molar refractivity (Wildman–Crippen MR) is 72.0 cm³/mol. The van der Waals surface area contributed by atoms with E-state index in [1.54, 1.807) is 16.3 Å². The van der Waals surface area contributed by atoms with Crippen molar-refractivity contribution in [2.75, 3.05) is 7.05 Å². The number of imidazole rings is 1. The van der Waals surface area contributed by atoms with Crippen LogP contribution >= 0.6 is 12.2 Å². The number of carbonyl (C=O) groups excluding carboxylic acids is 1. The van der Waals surface area contributed by atoms with Gasteiger partial charge in [0.25, 0.3) is 0 Å². The summed E-state index contributed by atoms with van der Waals surface area (Å²) in [5.74, 6) is -0.0785. The highest BCUT2D eigenvalue weighted by Gasteiger charge is 2.15. The van der Waals surface area contributed by atoms with Crippen molar-refractivity contribution in [2.24, 2.45) is 7.05 Å². The Kier molecular flexibility index (Phi) is 3.51. The van der Waals surface area contributed by atoms with Crippen molar-refractivity contribution in [1.29, 1.82) is 0 Å². The van der Waals surface area contributed by atoms with Gasteiger partial charge in [-0.05, 0) is 18.6 Å². The second-order valence-electron chi connectivity index (χ2n) is 4.21. The minimum atomic E-state index is -0.0785. The summed E-state index contributed by atoms with van der Waals surface area (Å²) in [6, 6.07) is 0. The predicted octanol–water partition coefficient (Wildman–Crippen LogP) is 1.13. The quantitative estimate of drug-likeness (QED) is 0.816. The first-order valence-electron chi connectivity index (χ1n) is 5.93. The molecular formula is C11H17N5OS. The standard InChI is InChI=1S/C11H17N5OS/c1-4-5-7-9-10(15(3)14-7)16(11(18)13-9)6-8(17)12-2/h4-6H2,1-3H3,(H,12,17)(H,13,18). The Hall–Kier alpha value is -1.63. The van der Waals surface area contributed by atoms with Gasteiger partial charge in [0, 0.05) is 14.1 Å². The lowest BCUT2D eigenvalue weighted by Crippen LogP contribution is -2.24.